The molecule has 1 amide bonds. The molecule has 2 heterocycles. The van der Waals surface area contributed by atoms with Crippen molar-refractivity contribution in [2.24, 2.45) is 5.92 Å². The summed E-state index contributed by atoms with van der Waals surface area (Å²) in [7, 11) is 0. The van der Waals surface area contributed by atoms with Crippen molar-refractivity contribution in [2.75, 3.05) is 26.2 Å². The molecule has 2 aliphatic rings. The number of nitrogens with zero attached hydrogens (tertiary/aromatic N) is 1. The summed E-state index contributed by atoms with van der Waals surface area (Å²) in [6.07, 6.45) is 2.43. The zero-order chi connectivity index (χ0) is 19.3. The van der Waals surface area contributed by atoms with Gasteiger partial charge in [0.05, 0.1) is 6.54 Å². The molecule has 2 atom stereocenters. The molecule has 1 fully saturated rings. The van der Waals surface area contributed by atoms with Gasteiger partial charge in [0.25, 0.3) is 5.91 Å². The number of likely N-dealkylation sites (tertiary alicyclic amines) is 1. The predicted molar refractivity (Wildman–Crippen MR) is 109 cm³/mol. The van der Waals surface area contributed by atoms with Crippen molar-refractivity contribution in [2.45, 2.75) is 32.4 Å². The maximum atomic E-state index is 12.5. The molecule has 5 heteroatoms. The summed E-state index contributed by atoms with van der Waals surface area (Å²) in [6, 6.07) is 15.5. The average Bonchev–Trinajstić information content (AvgIpc) is 2.72. The second-order valence-corrected chi connectivity index (χ2v) is 7.89. The highest BCUT2D eigenvalue weighted by Crippen LogP contribution is 2.30. The van der Waals surface area contributed by atoms with Crippen molar-refractivity contribution in [3.05, 3.63) is 59.7 Å². The van der Waals surface area contributed by atoms with Gasteiger partial charge < -0.3 is 14.8 Å². The standard InChI is InChI=1S/C23H28N2O3/c1-17-5-4-12-25(14-17)15-18-8-10-19(11-9-18)23(26)24-13-20-16-27-21-6-2-3-7-22(21)28-20/h2-3,6-11,17,20H,4-5,12-16H2,1H3,(H,24,26)/t17-,20-/m0/s1. The molecule has 5 nitrogen and oxygen atoms in total. The van der Waals surface area contributed by atoms with Crippen molar-refractivity contribution in [1.82, 2.24) is 10.2 Å². The quantitative estimate of drug-likeness (QED) is 0.863. The van der Waals surface area contributed by atoms with Gasteiger partial charge in [-0.25, -0.2) is 0 Å². The third-order valence-electron chi connectivity index (χ3n) is 5.42. The number of para-hydroxylation sites is 2. The van der Waals surface area contributed by atoms with Crippen molar-refractivity contribution >= 4 is 5.91 Å². The first kappa shape index (κ1) is 18.8. The highest BCUT2D eigenvalue weighted by Gasteiger charge is 2.21. The summed E-state index contributed by atoms with van der Waals surface area (Å²) in [5.41, 5.74) is 1.93. The second kappa shape index (κ2) is 8.65. The molecule has 2 aromatic rings. The van der Waals surface area contributed by atoms with E-state index >= 15 is 0 Å². The van der Waals surface area contributed by atoms with E-state index in [9.17, 15) is 4.79 Å². The minimum atomic E-state index is -0.181. The van der Waals surface area contributed by atoms with E-state index in [4.69, 9.17) is 9.47 Å². The maximum absolute atomic E-state index is 12.5. The van der Waals surface area contributed by atoms with E-state index in [0.29, 0.717) is 18.7 Å². The van der Waals surface area contributed by atoms with Crippen molar-refractivity contribution in [3.8, 4) is 11.5 Å². The van der Waals surface area contributed by atoms with E-state index in [0.717, 1.165) is 30.5 Å². The highest BCUT2D eigenvalue weighted by molar-refractivity contribution is 5.94. The highest BCUT2D eigenvalue weighted by atomic mass is 16.6. The molecule has 1 saturated heterocycles. The van der Waals surface area contributed by atoms with E-state index < -0.39 is 0 Å². The van der Waals surface area contributed by atoms with Crippen molar-refractivity contribution < 1.29 is 14.3 Å². The van der Waals surface area contributed by atoms with Crippen LogP contribution in [-0.4, -0.2) is 43.2 Å². The Morgan fingerprint density at radius 1 is 1.14 bits per heavy atom. The molecule has 0 aliphatic carbocycles. The summed E-state index contributed by atoms with van der Waals surface area (Å²) in [5.74, 6) is 2.17. The molecule has 0 unspecified atom stereocenters. The fraction of sp³-hybridized carbons (Fsp3) is 0.435. The summed E-state index contributed by atoms with van der Waals surface area (Å²) >= 11 is 0. The summed E-state index contributed by atoms with van der Waals surface area (Å²) in [4.78, 5) is 15.0. The van der Waals surface area contributed by atoms with Crippen LogP contribution in [0.15, 0.2) is 48.5 Å². The van der Waals surface area contributed by atoms with Crippen LogP contribution in [-0.2, 0) is 6.54 Å². The summed E-state index contributed by atoms with van der Waals surface area (Å²) < 4.78 is 11.6. The number of amides is 1. The Labute approximate surface area is 166 Å². The molecule has 2 aliphatic heterocycles. The Hall–Kier alpha value is -2.53. The normalized spacial score (nSPS) is 21.9. The lowest BCUT2D eigenvalue weighted by molar-refractivity contribution is 0.0789. The van der Waals surface area contributed by atoms with Crippen LogP contribution in [0.5, 0.6) is 11.5 Å². The molecule has 0 bridgehead atoms. The Balaban J connectivity index is 1.27. The van der Waals surface area contributed by atoms with Gasteiger partial charge in [-0.15, -0.1) is 0 Å². The Kier molecular flexibility index (Phi) is 5.81. The molecule has 2 aromatic carbocycles. The molecule has 28 heavy (non-hydrogen) atoms. The molecule has 0 spiro atoms. The third-order valence-corrected chi connectivity index (χ3v) is 5.42. The Morgan fingerprint density at radius 3 is 2.71 bits per heavy atom. The molecule has 1 N–H and O–H groups in total. The van der Waals surface area contributed by atoms with Crippen LogP contribution in [0.1, 0.15) is 35.7 Å². The smallest absolute Gasteiger partial charge is 0.251 e. The van der Waals surface area contributed by atoms with Gasteiger partial charge >= 0.3 is 0 Å². The van der Waals surface area contributed by atoms with Gasteiger partial charge in [0.15, 0.2) is 11.5 Å². The number of piperidine rings is 1. The molecular weight excluding hydrogens is 352 g/mol. The molecule has 148 valence electrons. The average molecular weight is 380 g/mol. The number of fused-ring (bicyclic) bond motifs is 1. The number of nitrogens with one attached hydrogen (secondary N) is 1. The fourth-order valence-corrected chi connectivity index (χ4v) is 3.92. The molecule has 0 radical (unpaired) electrons. The van der Waals surface area contributed by atoms with Gasteiger partial charge in [0, 0.05) is 18.7 Å². The minimum absolute atomic E-state index is 0.0828. The van der Waals surface area contributed by atoms with E-state index in [1.54, 1.807) is 0 Å². The van der Waals surface area contributed by atoms with E-state index in [1.165, 1.54) is 24.9 Å². The monoisotopic (exact) mass is 380 g/mol. The summed E-state index contributed by atoms with van der Waals surface area (Å²) in [6.45, 7) is 6.46. The van der Waals surface area contributed by atoms with Gasteiger partial charge in [-0.3, -0.25) is 9.69 Å². The van der Waals surface area contributed by atoms with Gasteiger partial charge in [0.2, 0.25) is 0 Å². The minimum Gasteiger partial charge on any atom is -0.486 e. The zero-order valence-electron chi connectivity index (χ0n) is 16.4. The van der Waals surface area contributed by atoms with E-state index in [2.05, 4.69) is 29.3 Å². The van der Waals surface area contributed by atoms with Gasteiger partial charge in [0.1, 0.15) is 12.7 Å². The van der Waals surface area contributed by atoms with E-state index in [1.807, 2.05) is 36.4 Å². The molecule has 4 rings (SSSR count). The van der Waals surface area contributed by atoms with Gasteiger partial charge in [-0.2, -0.15) is 0 Å². The van der Waals surface area contributed by atoms with Crippen LogP contribution >= 0.6 is 0 Å². The fourth-order valence-electron chi connectivity index (χ4n) is 3.92. The number of hydrogen-bond donors (Lipinski definition) is 1. The van der Waals surface area contributed by atoms with Crippen LogP contribution < -0.4 is 14.8 Å². The lowest BCUT2D eigenvalue weighted by Crippen LogP contribution is -2.40. The van der Waals surface area contributed by atoms with Crippen molar-refractivity contribution in [3.63, 3.8) is 0 Å². The number of carbonyl (C=O) groups is 1. The number of benzene rings is 2. The largest absolute Gasteiger partial charge is 0.486 e. The lowest BCUT2D eigenvalue weighted by atomic mass is 9.99. The van der Waals surface area contributed by atoms with Crippen LogP contribution in [0, 0.1) is 5.92 Å². The zero-order valence-corrected chi connectivity index (χ0v) is 16.4. The Bertz CT molecular complexity index is 806. The maximum Gasteiger partial charge on any atom is 0.251 e. The van der Waals surface area contributed by atoms with E-state index in [-0.39, 0.29) is 12.0 Å². The van der Waals surface area contributed by atoms with Crippen LogP contribution in [0.4, 0.5) is 0 Å². The predicted octanol–water partition coefficient (Wildman–Crippen LogP) is 3.49. The number of carbonyl (C=O) groups excluding carboxylic acids is 1. The molecule has 0 aromatic heterocycles. The topological polar surface area (TPSA) is 50.8 Å². The van der Waals surface area contributed by atoms with Gasteiger partial charge in [-0.05, 0) is 55.1 Å². The summed E-state index contributed by atoms with van der Waals surface area (Å²) in [5, 5.41) is 2.95. The number of ether oxygens (including phenoxy) is 2. The first-order valence-electron chi connectivity index (χ1n) is 10.2. The third kappa shape index (κ3) is 4.65. The number of hydrogen-bond acceptors (Lipinski definition) is 4. The van der Waals surface area contributed by atoms with Crippen LogP contribution in [0.2, 0.25) is 0 Å². The van der Waals surface area contributed by atoms with Crippen LogP contribution in [0.3, 0.4) is 0 Å². The molecule has 0 saturated carbocycles. The second-order valence-electron chi connectivity index (χ2n) is 7.89. The first-order valence-corrected chi connectivity index (χ1v) is 10.2. The lowest BCUT2D eigenvalue weighted by Gasteiger charge is -2.30. The van der Waals surface area contributed by atoms with Gasteiger partial charge in [-0.1, -0.05) is 31.2 Å². The Morgan fingerprint density at radius 2 is 1.93 bits per heavy atom. The SMILES string of the molecule is C[C@H]1CCCN(Cc2ccc(C(=O)NC[C@H]3COc4ccccc4O3)cc2)C1. The number of rotatable bonds is 5. The van der Waals surface area contributed by atoms with Crippen LogP contribution in [0.25, 0.3) is 0 Å². The first-order chi connectivity index (χ1) is 13.7. The van der Waals surface area contributed by atoms with Crippen molar-refractivity contribution in [1.29, 1.82) is 0 Å². The molecular formula is C23H28N2O3.